The van der Waals surface area contributed by atoms with Crippen molar-refractivity contribution >= 4 is 6.29 Å². The first kappa shape index (κ1) is 15.6. The monoisotopic (exact) mass is 295 g/mol. The zero-order valence-corrected chi connectivity index (χ0v) is 12.2. The summed E-state index contributed by atoms with van der Waals surface area (Å²) in [7, 11) is 1.50. The van der Waals surface area contributed by atoms with E-state index in [0.29, 0.717) is 24.4 Å². The van der Waals surface area contributed by atoms with Crippen LogP contribution in [-0.2, 0) is 4.74 Å². The maximum Gasteiger partial charge on any atom is 0.164 e. The van der Waals surface area contributed by atoms with Crippen LogP contribution < -0.4 is 9.47 Å². The molecule has 1 aromatic rings. The molecular formula is C15H21NO5. The molecule has 21 heavy (non-hydrogen) atoms. The Labute approximate surface area is 124 Å². The first-order valence-electron chi connectivity index (χ1n) is 7.03. The van der Waals surface area contributed by atoms with Gasteiger partial charge in [0.2, 0.25) is 0 Å². The molecule has 0 amide bonds. The van der Waals surface area contributed by atoms with E-state index >= 15 is 0 Å². The number of hydrogen-bond donors (Lipinski definition) is 1. The van der Waals surface area contributed by atoms with Crippen molar-refractivity contribution in [1.29, 1.82) is 0 Å². The van der Waals surface area contributed by atoms with Crippen LogP contribution in [0.2, 0.25) is 0 Å². The summed E-state index contributed by atoms with van der Waals surface area (Å²) in [5.41, 5.74) is 0.188. The van der Waals surface area contributed by atoms with Gasteiger partial charge in [-0.05, 0) is 12.5 Å². The van der Waals surface area contributed by atoms with Crippen molar-refractivity contribution in [3.8, 4) is 17.2 Å². The molecule has 0 unspecified atom stereocenters. The van der Waals surface area contributed by atoms with Gasteiger partial charge in [-0.1, -0.05) is 0 Å². The fourth-order valence-corrected chi connectivity index (χ4v) is 2.23. The summed E-state index contributed by atoms with van der Waals surface area (Å²) < 4.78 is 16.1. The molecular weight excluding hydrogens is 274 g/mol. The third kappa shape index (κ3) is 4.34. The van der Waals surface area contributed by atoms with Crippen LogP contribution in [0.25, 0.3) is 0 Å². The molecule has 1 aliphatic rings. The second kappa shape index (κ2) is 7.85. The standard InChI is InChI=1S/C15H21NO5/c1-19-14-9-12(11-17)13(18)10-15(14)21-6-2-3-16-4-7-20-8-5-16/h9-11,18H,2-8H2,1H3. The molecule has 1 aliphatic heterocycles. The predicted molar refractivity (Wildman–Crippen MR) is 77.4 cm³/mol. The van der Waals surface area contributed by atoms with Crippen molar-refractivity contribution in [2.45, 2.75) is 6.42 Å². The Morgan fingerprint density at radius 1 is 1.33 bits per heavy atom. The molecule has 0 saturated carbocycles. The lowest BCUT2D eigenvalue weighted by Gasteiger charge is -2.26. The number of morpholine rings is 1. The number of carbonyl (C=O) groups excluding carboxylic acids is 1. The van der Waals surface area contributed by atoms with Crippen LogP contribution in [-0.4, -0.2) is 62.9 Å². The van der Waals surface area contributed by atoms with Crippen molar-refractivity contribution in [2.24, 2.45) is 0 Å². The van der Waals surface area contributed by atoms with Crippen LogP contribution in [0, 0.1) is 0 Å². The fourth-order valence-electron chi connectivity index (χ4n) is 2.23. The van der Waals surface area contributed by atoms with Gasteiger partial charge in [0.15, 0.2) is 17.8 Å². The normalized spacial score (nSPS) is 15.7. The van der Waals surface area contributed by atoms with Gasteiger partial charge in [0.25, 0.3) is 0 Å². The largest absolute Gasteiger partial charge is 0.507 e. The van der Waals surface area contributed by atoms with Gasteiger partial charge in [0.05, 0.1) is 32.5 Å². The molecule has 1 aromatic carbocycles. The Morgan fingerprint density at radius 3 is 2.76 bits per heavy atom. The molecule has 6 nitrogen and oxygen atoms in total. The van der Waals surface area contributed by atoms with Crippen LogP contribution in [0.5, 0.6) is 17.2 Å². The number of phenols is 1. The van der Waals surface area contributed by atoms with Gasteiger partial charge >= 0.3 is 0 Å². The SMILES string of the molecule is COc1cc(C=O)c(O)cc1OCCCN1CCOCC1. The number of carbonyl (C=O) groups is 1. The van der Waals surface area contributed by atoms with E-state index in [1.54, 1.807) is 0 Å². The second-order valence-corrected chi connectivity index (χ2v) is 4.84. The van der Waals surface area contributed by atoms with E-state index in [4.69, 9.17) is 14.2 Å². The van der Waals surface area contributed by atoms with Crippen LogP contribution in [0.15, 0.2) is 12.1 Å². The van der Waals surface area contributed by atoms with E-state index in [-0.39, 0.29) is 11.3 Å². The Bertz CT molecular complexity index is 471. The minimum Gasteiger partial charge on any atom is -0.507 e. The minimum absolute atomic E-state index is 0.103. The Hall–Kier alpha value is -1.79. The summed E-state index contributed by atoms with van der Waals surface area (Å²) >= 11 is 0. The molecule has 1 fully saturated rings. The summed E-state index contributed by atoms with van der Waals surface area (Å²) in [5, 5.41) is 9.68. The lowest BCUT2D eigenvalue weighted by atomic mass is 10.2. The van der Waals surface area contributed by atoms with Crippen LogP contribution in [0.1, 0.15) is 16.8 Å². The molecule has 2 rings (SSSR count). The number of aromatic hydroxyl groups is 1. The highest BCUT2D eigenvalue weighted by atomic mass is 16.5. The molecule has 0 spiro atoms. The van der Waals surface area contributed by atoms with Gasteiger partial charge in [0, 0.05) is 25.7 Å². The average Bonchev–Trinajstić information content (AvgIpc) is 2.52. The third-order valence-electron chi connectivity index (χ3n) is 3.42. The van der Waals surface area contributed by atoms with Gasteiger partial charge in [-0.25, -0.2) is 0 Å². The summed E-state index contributed by atoms with van der Waals surface area (Å²) in [6.45, 7) is 4.96. The molecule has 1 N–H and O–H groups in total. The first-order chi connectivity index (χ1) is 10.2. The van der Waals surface area contributed by atoms with Crippen LogP contribution in [0.4, 0.5) is 0 Å². The highest BCUT2D eigenvalue weighted by molar-refractivity contribution is 5.81. The number of methoxy groups -OCH3 is 1. The zero-order chi connectivity index (χ0) is 15.1. The van der Waals surface area contributed by atoms with E-state index in [9.17, 15) is 9.90 Å². The fraction of sp³-hybridized carbons (Fsp3) is 0.533. The Morgan fingerprint density at radius 2 is 2.10 bits per heavy atom. The van der Waals surface area contributed by atoms with Gasteiger partial charge in [-0.15, -0.1) is 0 Å². The van der Waals surface area contributed by atoms with E-state index in [0.717, 1.165) is 39.3 Å². The van der Waals surface area contributed by atoms with E-state index in [1.807, 2.05) is 0 Å². The minimum atomic E-state index is -0.103. The second-order valence-electron chi connectivity index (χ2n) is 4.84. The molecule has 0 bridgehead atoms. The van der Waals surface area contributed by atoms with Crippen molar-refractivity contribution < 1.29 is 24.1 Å². The lowest BCUT2D eigenvalue weighted by molar-refractivity contribution is 0.0357. The highest BCUT2D eigenvalue weighted by Crippen LogP contribution is 2.33. The Balaban J connectivity index is 1.84. The van der Waals surface area contributed by atoms with Crippen molar-refractivity contribution in [1.82, 2.24) is 4.90 Å². The van der Waals surface area contributed by atoms with Gasteiger partial charge in [0.1, 0.15) is 5.75 Å². The summed E-state index contributed by atoms with van der Waals surface area (Å²) in [6, 6.07) is 2.89. The number of hydrogen-bond acceptors (Lipinski definition) is 6. The topological polar surface area (TPSA) is 68.2 Å². The van der Waals surface area contributed by atoms with E-state index < -0.39 is 0 Å². The maximum atomic E-state index is 10.8. The van der Waals surface area contributed by atoms with Crippen LogP contribution in [0.3, 0.4) is 0 Å². The number of nitrogens with zero attached hydrogens (tertiary/aromatic N) is 1. The van der Waals surface area contributed by atoms with Gasteiger partial charge < -0.3 is 19.3 Å². The highest BCUT2D eigenvalue weighted by Gasteiger charge is 2.12. The molecule has 1 heterocycles. The summed E-state index contributed by atoms with van der Waals surface area (Å²) in [5.74, 6) is 0.790. The first-order valence-corrected chi connectivity index (χ1v) is 7.03. The molecule has 0 aromatic heterocycles. The Kier molecular flexibility index (Phi) is 5.83. The van der Waals surface area contributed by atoms with Gasteiger partial charge in [-0.3, -0.25) is 9.69 Å². The number of benzene rings is 1. The number of aldehydes is 1. The smallest absolute Gasteiger partial charge is 0.164 e. The van der Waals surface area contributed by atoms with Crippen molar-refractivity contribution in [3.63, 3.8) is 0 Å². The van der Waals surface area contributed by atoms with E-state index in [1.165, 1.54) is 19.2 Å². The number of ether oxygens (including phenoxy) is 3. The molecule has 6 heteroatoms. The van der Waals surface area contributed by atoms with Crippen molar-refractivity contribution in [2.75, 3.05) is 46.6 Å². The van der Waals surface area contributed by atoms with E-state index in [2.05, 4.69) is 4.90 Å². The molecule has 0 aliphatic carbocycles. The summed E-state index contributed by atoms with van der Waals surface area (Å²) in [4.78, 5) is 13.1. The quantitative estimate of drug-likeness (QED) is 0.604. The van der Waals surface area contributed by atoms with Gasteiger partial charge in [-0.2, -0.15) is 0 Å². The summed E-state index contributed by atoms with van der Waals surface area (Å²) in [6.07, 6.45) is 1.46. The molecule has 0 radical (unpaired) electrons. The number of rotatable bonds is 7. The lowest BCUT2D eigenvalue weighted by Crippen LogP contribution is -2.37. The van der Waals surface area contributed by atoms with Crippen molar-refractivity contribution in [3.05, 3.63) is 17.7 Å². The maximum absolute atomic E-state index is 10.8. The van der Waals surface area contributed by atoms with Crippen LogP contribution >= 0.6 is 0 Å². The predicted octanol–water partition coefficient (Wildman–Crippen LogP) is 1.31. The molecule has 116 valence electrons. The zero-order valence-electron chi connectivity index (χ0n) is 12.2. The third-order valence-corrected chi connectivity index (χ3v) is 3.42. The molecule has 0 atom stereocenters. The average molecular weight is 295 g/mol. The number of phenolic OH excluding ortho intramolecular Hbond substituents is 1. The molecule has 1 saturated heterocycles.